The molecular weight excluding hydrogens is 300 g/mol. The highest BCUT2D eigenvalue weighted by Gasteiger charge is 2.13. The summed E-state index contributed by atoms with van der Waals surface area (Å²) >= 11 is 0. The zero-order valence-corrected chi connectivity index (χ0v) is 14.2. The smallest absolute Gasteiger partial charge is 0.251 e. The second kappa shape index (κ2) is 7.98. The van der Waals surface area contributed by atoms with Crippen LogP contribution in [0.25, 0.3) is 0 Å². The Labute approximate surface area is 132 Å². The predicted octanol–water partition coefficient (Wildman–Crippen LogP) is 2.84. The minimum absolute atomic E-state index is 0.00775. The average molecular weight is 324 g/mol. The lowest BCUT2D eigenvalue weighted by molar-refractivity contribution is 0.0939. The molecule has 0 aliphatic carbocycles. The van der Waals surface area contributed by atoms with Crippen molar-refractivity contribution in [3.8, 4) is 0 Å². The van der Waals surface area contributed by atoms with Crippen LogP contribution in [-0.4, -0.2) is 26.1 Å². The van der Waals surface area contributed by atoms with Crippen molar-refractivity contribution < 1.29 is 13.2 Å². The molecule has 1 aromatic rings. The Morgan fingerprint density at radius 3 is 2.64 bits per heavy atom. The molecule has 0 bridgehead atoms. The van der Waals surface area contributed by atoms with Gasteiger partial charge < -0.3 is 5.32 Å². The van der Waals surface area contributed by atoms with Gasteiger partial charge in [0.15, 0.2) is 0 Å². The third-order valence-electron chi connectivity index (χ3n) is 3.33. The first-order valence-electron chi connectivity index (χ1n) is 7.32. The van der Waals surface area contributed by atoms with E-state index in [0.717, 1.165) is 6.42 Å². The van der Waals surface area contributed by atoms with Gasteiger partial charge in [-0.1, -0.05) is 13.0 Å². The van der Waals surface area contributed by atoms with Crippen LogP contribution in [0.2, 0.25) is 0 Å². The molecule has 0 saturated carbocycles. The first-order chi connectivity index (χ1) is 10.3. The van der Waals surface area contributed by atoms with Gasteiger partial charge in [0.2, 0.25) is 10.0 Å². The van der Waals surface area contributed by atoms with Gasteiger partial charge in [-0.25, -0.2) is 8.42 Å². The molecule has 122 valence electrons. The number of hydrogen-bond acceptors (Lipinski definition) is 3. The molecule has 0 aliphatic heterocycles. The van der Waals surface area contributed by atoms with Gasteiger partial charge in [-0.05, 0) is 50.5 Å². The van der Waals surface area contributed by atoms with E-state index >= 15 is 0 Å². The number of carbonyl (C=O) groups is 1. The van der Waals surface area contributed by atoms with Gasteiger partial charge in [0, 0.05) is 11.6 Å². The van der Waals surface area contributed by atoms with Crippen LogP contribution in [0.1, 0.15) is 42.6 Å². The summed E-state index contributed by atoms with van der Waals surface area (Å²) in [6, 6.07) is 5.02. The van der Waals surface area contributed by atoms with Crippen molar-refractivity contribution in [2.75, 3.05) is 10.5 Å². The van der Waals surface area contributed by atoms with E-state index in [2.05, 4.69) is 16.6 Å². The van der Waals surface area contributed by atoms with Gasteiger partial charge in [-0.15, -0.1) is 6.58 Å². The number of benzene rings is 1. The maximum absolute atomic E-state index is 12.0. The zero-order valence-electron chi connectivity index (χ0n) is 13.3. The lowest BCUT2D eigenvalue weighted by Gasteiger charge is -2.14. The molecule has 1 amide bonds. The maximum Gasteiger partial charge on any atom is 0.251 e. The summed E-state index contributed by atoms with van der Waals surface area (Å²) in [6.45, 7) is 9.22. The number of anilines is 1. The van der Waals surface area contributed by atoms with E-state index in [4.69, 9.17) is 0 Å². The number of allylic oxidation sites excluding steroid dienone is 1. The molecular formula is C16H24N2O3S. The Kier molecular flexibility index (Phi) is 6.61. The summed E-state index contributed by atoms with van der Waals surface area (Å²) in [5.41, 5.74) is 1.72. The van der Waals surface area contributed by atoms with Crippen molar-refractivity contribution in [1.29, 1.82) is 0 Å². The fourth-order valence-corrected chi connectivity index (χ4v) is 2.93. The van der Waals surface area contributed by atoms with Crippen molar-refractivity contribution in [3.63, 3.8) is 0 Å². The molecule has 0 radical (unpaired) electrons. The summed E-state index contributed by atoms with van der Waals surface area (Å²) in [5.74, 6) is -0.162. The summed E-state index contributed by atoms with van der Waals surface area (Å²) in [7, 11) is -3.40. The molecule has 0 unspecified atom stereocenters. The topological polar surface area (TPSA) is 75.3 Å². The normalized spacial score (nSPS) is 12.5. The van der Waals surface area contributed by atoms with Crippen molar-refractivity contribution >= 4 is 21.6 Å². The van der Waals surface area contributed by atoms with Crippen LogP contribution >= 0.6 is 0 Å². The third kappa shape index (κ3) is 5.52. The highest BCUT2D eigenvalue weighted by Crippen LogP contribution is 2.18. The van der Waals surface area contributed by atoms with Gasteiger partial charge >= 0.3 is 0 Å². The van der Waals surface area contributed by atoms with E-state index in [0.29, 0.717) is 23.2 Å². The Bertz CT molecular complexity index is 639. The lowest BCUT2D eigenvalue weighted by Crippen LogP contribution is -2.31. The first-order valence-corrected chi connectivity index (χ1v) is 8.97. The van der Waals surface area contributed by atoms with Crippen LogP contribution in [0, 0.1) is 6.92 Å². The zero-order chi connectivity index (χ0) is 16.8. The molecule has 6 heteroatoms. The quantitative estimate of drug-likeness (QED) is 0.722. The van der Waals surface area contributed by atoms with E-state index < -0.39 is 10.0 Å². The summed E-state index contributed by atoms with van der Waals surface area (Å²) in [6.07, 6.45) is 2.81. The van der Waals surface area contributed by atoms with E-state index in [1.165, 1.54) is 0 Å². The molecule has 0 saturated heterocycles. The molecule has 1 atom stereocenters. The highest BCUT2D eigenvalue weighted by molar-refractivity contribution is 7.92. The monoisotopic (exact) mass is 324 g/mol. The molecule has 0 spiro atoms. The van der Waals surface area contributed by atoms with Gasteiger partial charge in [0.25, 0.3) is 5.91 Å². The van der Waals surface area contributed by atoms with E-state index in [1.807, 2.05) is 13.8 Å². The van der Waals surface area contributed by atoms with Crippen LogP contribution in [0.3, 0.4) is 0 Å². The summed E-state index contributed by atoms with van der Waals surface area (Å²) in [4.78, 5) is 12.0. The first kappa shape index (κ1) is 18.2. The standard InChI is InChI=1S/C16H24N2O3S/c1-5-7-10-22(20,21)18-15-9-8-14(11-12(15)3)16(19)17-13(4)6-2/h5,8-9,11,13,18H,1,6-7,10H2,2-4H3,(H,17,19)/t13-/m0/s1. The largest absolute Gasteiger partial charge is 0.350 e. The molecule has 5 nitrogen and oxygen atoms in total. The van der Waals surface area contributed by atoms with Crippen molar-refractivity contribution in [3.05, 3.63) is 42.0 Å². The number of amides is 1. The second-order valence-electron chi connectivity index (χ2n) is 5.31. The molecule has 0 aliphatic rings. The Morgan fingerprint density at radius 2 is 2.09 bits per heavy atom. The Morgan fingerprint density at radius 1 is 1.41 bits per heavy atom. The SMILES string of the molecule is C=CCCS(=O)(=O)Nc1ccc(C(=O)N[C@@H](C)CC)cc1C. The minimum Gasteiger partial charge on any atom is -0.350 e. The second-order valence-corrected chi connectivity index (χ2v) is 7.15. The summed E-state index contributed by atoms with van der Waals surface area (Å²) < 4.78 is 26.3. The predicted molar refractivity (Wildman–Crippen MR) is 90.6 cm³/mol. The van der Waals surface area contributed by atoms with E-state index in [-0.39, 0.29) is 17.7 Å². The van der Waals surface area contributed by atoms with Crippen LogP contribution < -0.4 is 10.0 Å². The maximum atomic E-state index is 12.0. The number of aryl methyl sites for hydroxylation is 1. The molecule has 1 rings (SSSR count). The third-order valence-corrected chi connectivity index (χ3v) is 4.64. The van der Waals surface area contributed by atoms with Crippen molar-refractivity contribution in [1.82, 2.24) is 5.32 Å². The number of sulfonamides is 1. The summed E-state index contributed by atoms with van der Waals surface area (Å²) in [5, 5.41) is 2.88. The van der Waals surface area contributed by atoms with Crippen LogP contribution in [0.5, 0.6) is 0 Å². The van der Waals surface area contributed by atoms with Crippen LogP contribution in [0.4, 0.5) is 5.69 Å². The Hall–Kier alpha value is -1.82. The van der Waals surface area contributed by atoms with Gasteiger partial charge in [-0.2, -0.15) is 0 Å². The number of hydrogen-bond donors (Lipinski definition) is 2. The number of rotatable bonds is 8. The van der Waals surface area contributed by atoms with Crippen LogP contribution in [-0.2, 0) is 10.0 Å². The fourth-order valence-electron chi connectivity index (χ4n) is 1.79. The van der Waals surface area contributed by atoms with E-state index in [9.17, 15) is 13.2 Å². The lowest BCUT2D eigenvalue weighted by atomic mass is 10.1. The molecule has 1 aromatic carbocycles. The molecule has 0 fully saturated rings. The number of nitrogens with one attached hydrogen (secondary N) is 2. The molecule has 22 heavy (non-hydrogen) atoms. The fraction of sp³-hybridized carbons (Fsp3) is 0.438. The number of carbonyl (C=O) groups excluding carboxylic acids is 1. The van der Waals surface area contributed by atoms with E-state index in [1.54, 1.807) is 31.2 Å². The molecule has 0 heterocycles. The highest BCUT2D eigenvalue weighted by atomic mass is 32.2. The molecule has 2 N–H and O–H groups in total. The average Bonchev–Trinajstić information content (AvgIpc) is 2.46. The van der Waals surface area contributed by atoms with Crippen molar-refractivity contribution in [2.45, 2.75) is 39.7 Å². The van der Waals surface area contributed by atoms with Gasteiger partial charge in [0.05, 0.1) is 11.4 Å². The van der Waals surface area contributed by atoms with Crippen molar-refractivity contribution in [2.24, 2.45) is 0 Å². The molecule has 0 aromatic heterocycles. The van der Waals surface area contributed by atoms with Gasteiger partial charge in [-0.3, -0.25) is 9.52 Å². The van der Waals surface area contributed by atoms with Gasteiger partial charge in [0.1, 0.15) is 0 Å². The minimum atomic E-state index is -3.40. The Balaban J connectivity index is 2.86. The van der Waals surface area contributed by atoms with Crippen LogP contribution in [0.15, 0.2) is 30.9 Å².